The maximum atomic E-state index is 12.6. The monoisotopic (exact) mass is 302 g/mol. The summed E-state index contributed by atoms with van der Waals surface area (Å²) in [4.78, 5) is 12.6. The van der Waals surface area contributed by atoms with E-state index in [0.29, 0.717) is 11.5 Å². The molecule has 1 aromatic rings. The van der Waals surface area contributed by atoms with Crippen molar-refractivity contribution in [2.75, 3.05) is 7.11 Å². The number of hydrogen-bond acceptors (Lipinski definition) is 4. The lowest BCUT2D eigenvalue weighted by molar-refractivity contribution is -0.149. The maximum absolute atomic E-state index is 12.6. The second-order valence-electron chi connectivity index (χ2n) is 7.20. The summed E-state index contributed by atoms with van der Waals surface area (Å²) in [5.41, 5.74) is 0.985. The first-order chi connectivity index (χ1) is 10.5. The van der Waals surface area contributed by atoms with Gasteiger partial charge in [0.25, 0.3) is 0 Å². The van der Waals surface area contributed by atoms with Gasteiger partial charge in [-0.25, -0.2) is 0 Å². The van der Waals surface area contributed by atoms with Crippen molar-refractivity contribution in [3.63, 3.8) is 0 Å². The highest BCUT2D eigenvalue weighted by atomic mass is 16.5. The first kappa shape index (κ1) is 14.1. The maximum Gasteiger partial charge on any atom is 0.315 e. The van der Waals surface area contributed by atoms with E-state index in [1.54, 1.807) is 13.2 Å². The molecular formula is C18H22O4. The predicted octanol–water partition coefficient (Wildman–Crippen LogP) is 2.89. The van der Waals surface area contributed by atoms with Crippen molar-refractivity contribution in [3.05, 3.63) is 23.8 Å². The van der Waals surface area contributed by atoms with Crippen molar-refractivity contribution in [2.24, 2.45) is 17.3 Å². The van der Waals surface area contributed by atoms with Crippen LogP contribution in [0.15, 0.2) is 18.2 Å². The zero-order chi connectivity index (χ0) is 15.5. The van der Waals surface area contributed by atoms with Gasteiger partial charge in [0.1, 0.15) is 11.5 Å². The fourth-order valence-electron chi connectivity index (χ4n) is 5.00. The van der Waals surface area contributed by atoms with Crippen molar-refractivity contribution in [2.45, 2.75) is 44.6 Å². The molecule has 0 spiro atoms. The van der Waals surface area contributed by atoms with Crippen LogP contribution in [-0.4, -0.2) is 24.3 Å². The summed E-state index contributed by atoms with van der Waals surface area (Å²) in [5, 5.41) is 10.4. The first-order valence-electron chi connectivity index (χ1n) is 8.12. The Morgan fingerprint density at radius 2 is 2.14 bits per heavy atom. The molecule has 4 nitrogen and oxygen atoms in total. The third kappa shape index (κ3) is 1.76. The molecule has 0 saturated heterocycles. The van der Waals surface area contributed by atoms with E-state index in [1.165, 1.54) is 0 Å². The number of hydrogen-bond donors (Lipinski definition) is 1. The molecule has 0 radical (unpaired) electrons. The fourth-order valence-corrected chi connectivity index (χ4v) is 5.00. The van der Waals surface area contributed by atoms with Gasteiger partial charge in [-0.2, -0.15) is 0 Å². The summed E-state index contributed by atoms with van der Waals surface area (Å²) in [5.74, 6) is 1.55. The molecule has 1 heterocycles. The van der Waals surface area contributed by atoms with Gasteiger partial charge in [0.15, 0.2) is 0 Å². The molecule has 2 saturated carbocycles. The second-order valence-corrected chi connectivity index (χ2v) is 7.20. The summed E-state index contributed by atoms with van der Waals surface area (Å²) in [7, 11) is 1.61. The Bertz CT molecular complexity index is 626. The molecule has 1 N–H and O–H groups in total. The van der Waals surface area contributed by atoms with Gasteiger partial charge in [-0.3, -0.25) is 4.79 Å². The van der Waals surface area contributed by atoms with Gasteiger partial charge in [0, 0.05) is 12.0 Å². The second kappa shape index (κ2) is 4.72. The van der Waals surface area contributed by atoms with Crippen LogP contribution in [0.25, 0.3) is 0 Å². The fraction of sp³-hybridized carbons (Fsp3) is 0.611. The van der Waals surface area contributed by atoms with Crippen molar-refractivity contribution >= 4 is 5.97 Å². The number of fused-ring (bicyclic) bond motifs is 5. The van der Waals surface area contributed by atoms with Crippen LogP contribution in [0, 0.1) is 17.3 Å². The lowest BCUT2D eigenvalue weighted by atomic mass is 9.58. The highest BCUT2D eigenvalue weighted by Crippen LogP contribution is 2.60. The number of carbonyl (C=O) groups is 1. The average Bonchev–Trinajstić information content (AvgIpc) is 2.82. The molecule has 22 heavy (non-hydrogen) atoms. The molecule has 0 amide bonds. The number of aliphatic hydroxyl groups is 1. The highest BCUT2D eigenvalue weighted by molar-refractivity contribution is 5.80. The summed E-state index contributed by atoms with van der Waals surface area (Å²) in [6, 6.07) is 5.78. The summed E-state index contributed by atoms with van der Waals surface area (Å²) in [6.45, 7) is 2.14. The van der Waals surface area contributed by atoms with Crippen LogP contribution in [0.5, 0.6) is 11.5 Å². The van der Waals surface area contributed by atoms with Crippen LogP contribution < -0.4 is 9.47 Å². The minimum Gasteiger partial charge on any atom is -0.497 e. The summed E-state index contributed by atoms with van der Waals surface area (Å²) in [6.07, 6.45) is 3.33. The third-order valence-corrected chi connectivity index (χ3v) is 6.32. The molecule has 0 unspecified atom stereocenters. The van der Waals surface area contributed by atoms with Gasteiger partial charge >= 0.3 is 5.97 Å². The van der Waals surface area contributed by atoms with Crippen molar-refractivity contribution in [1.29, 1.82) is 0 Å². The van der Waals surface area contributed by atoms with Crippen LogP contribution in [-0.2, 0) is 4.79 Å². The molecule has 2 fully saturated rings. The number of aliphatic hydroxyl groups excluding tert-OH is 1. The molecule has 1 aromatic carbocycles. The van der Waals surface area contributed by atoms with E-state index in [-0.39, 0.29) is 35.2 Å². The standard InChI is InChI=1S/C18H22O4/c1-18-8-7-12-11-4-3-10(21-2)9-14(11)22-17(20)16(12)13(18)5-6-15(18)19/h3-4,9,12-13,15-16,19H,5-8H2,1-2H3/t12-,13+,15+,16+,18+/m1/s1. The minimum absolute atomic E-state index is 0.114. The lowest BCUT2D eigenvalue weighted by Gasteiger charge is -2.48. The molecule has 4 rings (SSSR count). The van der Waals surface area contributed by atoms with Crippen LogP contribution in [0.1, 0.15) is 44.1 Å². The number of methoxy groups -OCH3 is 1. The molecule has 118 valence electrons. The zero-order valence-corrected chi connectivity index (χ0v) is 13.0. The Labute approximate surface area is 130 Å². The van der Waals surface area contributed by atoms with Gasteiger partial charge in [0.05, 0.1) is 19.1 Å². The molecule has 1 aliphatic heterocycles. The Balaban J connectivity index is 1.75. The molecule has 2 aliphatic carbocycles. The van der Waals surface area contributed by atoms with Crippen LogP contribution in [0.2, 0.25) is 0 Å². The van der Waals surface area contributed by atoms with Gasteiger partial charge in [0.2, 0.25) is 0 Å². The number of carbonyl (C=O) groups excluding carboxylic acids is 1. The van der Waals surface area contributed by atoms with E-state index in [9.17, 15) is 9.90 Å². The number of rotatable bonds is 1. The lowest BCUT2D eigenvalue weighted by Crippen LogP contribution is -2.48. The first-order valence-corrected chi connectivity index (χ1v) is 8.12. The molecule has 5 atom stereocenters. The van der Waals surface area contributed by atoms with Crippen LogP contribution in [0.3, 0.4) is 0 Å². The van der Waals surface area contributed by atoms with E-state index in [1.807, 2.05) is 12.1 Å². The Kier molecular flexibility index (Phi) is 3.02. The van der Waals surface area contributed by atoms with Crippen LogP contribution in [0.4, 0.5) is 0 Å². The van der Waals surface area contributed by atoms with E-state index < -0.39 is 0 Å². The van der Waals surface area contributed by atoms with Gasteiger partial charge in [-0.15, -0.1) is 0 Å². The Hall–Kier alpha value is -1.55. The van der Waals surface area contributed by atoms with Gasteiger partial charge in [-0.05, 0) is 48.6 Å². The van der Waals surface area contributed by atoms with E-state index >= 15 is 0 Å². The van der Waals surface area contributed by atoms with Gasteiger partial charge < -0.3 is 14.6 Å². The number of esters is 1. The van der Waals surface area contributed by atoms with E-state index in [0.717, 1.165) is 31.2 Å². The molecule has 3 aliphatic rings. The van der Waals surface area contributed by atoms with Crippen molar-refractivity contribution < 1.29 is 19.4 Å². The van der Waals surface area contributed by atoms with Crippen LogP contribution >= 0.6 is 0 Å². The highest BCUT2D eigenvalue weighted by Gasteiger charge is 2.57. The van der Waals surface area contributed by atoms with E-state index in [2.05, 4.69) is 6.92 Å². The van der Waals surface area contributed by atoms with Crippen molar-refractivity contribution in [1.82, 2.24) is 0 Å². The van der Waals surface area contributed by atoms with Gasteiger partial charge in [-0.1, -0.05) is 13.0 Å². The molecule has 0 aromatic heterocycles. The summed E-state index contributed by atoms with van der Waals surface area (Å²) >= 11 is 0. The van der Waals surface area contributed by atoms with E-state index in [4.69, 9.17) is 9.47 Å². The predicted molar refractivity (Wildman–Crippen MR) is 80.9 cm³/mol. The average molecular weight is 302 g/mol. The number of ether oxygens (including phenoxy) is 2. The Morgan fingerprint density at radius 1 is 1.32 bits per heavy atom. The molecule has 0 bridgehead atoms. The minimum atomic E-state index is -0.288. The van der Waals surface area contributed by atoms with Crippen molar-refractivity contribution in [3.8, 4) is 11.5 Å². The topological polar surface area (TPSA) is 55.8 Å². The number of benzene rings is 1. The summed E-state index contributed by atoms with van der Waals surface area (Å²) < 4.78 is 10.9. The SMILES string of the molecule is COc1ccc2c(c1)OC(=O)[C@H]1[C@@H]2CC[C@]2(C)[C@@H](O)CC[C@@H]12. The molecular weight excluding hydrogens is 280 g/mol. The normalized spacial score (nSPS) is 39.5. The smallest absolute Gasteiger partial charge is 0.315 e. The zero-order valence-electron chi connectivity index (χ0n) is 13.0. The quantitative estimate of drug-likeness (QED) is 0.640. The molecule has 4 heteroatoms. The Morgan fingerprint density at radius 3 is 2.91 bits per heavy atom. The largest absolute Gasteiger partial charge is 0.497 e. The third-order valence-electron chi connectivity index (χ3n) is 6.32.